The molecule has 0 radical (unpaired) electrons. The van der Waals surface area contributed by atoms with E-state index in [9.17, 15) is 4.79 Å². The zero-order valence-electron chi connectivity index (χ0n) is 14.0. The zero-order valence-corrected chi connectivity index (χ0v) is 14.0. The zero-order chi connectivity index (χ0) is 15.5. The molecule has 1 saturated heterocycles. The maximum atomic E-state index is 11.1. The van der Waals surface area contributed by atoms with E-state index in [4.69, 9.17) is 0 Å². The SMILES string of the molecule is Cc1c(C=O)ccc2c1CCN2CCCC1CCN(C)CC1. The Morgan fingerprint density at radius 3 is 2.73 bits per heavy atom. The van der Waals surface area contributed by atoms with Crippen molar-refractivity contribution in [3.63, 3.8) is 0 Å². The van der Waals surface area contributed by atoms with Crippen molar-refractivity contribution < 1.29 is 4.79 Å². The molecule has 0 spiro atoms. The largest absolute Gasteiger partial charge is 0.371 e. The van der Waals surface area contributed by atoms with E-state index < -0.39 is 0 Å². The second-order valence-electron chi connectivity index (χ2n) is 7.02. The van der Waals surface area contributed by atoms with E-state index in [1.54, 1.807) is 0 Å². The van der Waals surface area contributed by atoms with Crippen molar-refractivity contribution in [1.29, 1.82) is 0 Å². The molecule has 0 N–H and O–H groups in total. The predicted molar refractivity (Wildman–Crippen MR) is 91.9 cm³/mol. The summed E-state index contributed by atoms with van der Waals surface area (Å²) in [5.41, 5.74) is 4.80. The van der Waals surface area contributed by atoms with E-state index in [0.717, 1.165) is 30.7 Å². The van der Waals surface area contributed by atoms with Gasteiger partial charge in [-0.05, 0) is 88.3 Å². The molecule has 0 bridgehead atoms. The lowest BCUT2D eigenvalue weighted by atomic mass is 9.92. The maximum absolute atomic E-state index is 11.1. The third kappa shape index (κ3) is 3.19. The number of hydrogen-bond donors (Lipinski definition) is 0. The number of rotatable bonds is 5. The first-order valence-electron chi connectivity index (χ1n) is 8.70. The molecule has 22 heavy (non-hydrogen) atoms. The highest BCUT2D eigenvalue weighted by Crippen LogP contribution is 2.32. The highest BCUT2D eigenvalue weighted by atomic mass is 16.1. The normalized spacial score (nSPS) is 19.5. The Bertz CT molecular complexity index is 532. The third-order valence-electron chi connectivity index (χ3n) is 5.59. The first-order chi connectivity index (χ1) is 10.7. The van der Waals surface area contributed by atoms with Gasteiger partial charge in [-0.15, -0.1) is 0 Å². The van der Waals surface area contributed by atoms with Crippen LogP contribution in [0, 0.1) is 12.8 Å². The number of anilines is 1. The topological polar surface area (TPSA) is 23.6 Å². The molecule has 1 fully saturated rings. The molecule has 1 aromatic carbocycles. The number of benzene rings is 1. The molecule has 120 valence electrons. The summed E-state index contributed by atoms with van der Waals surface area (Å²) in [5, 5.41) is 0. The lowest BCUT2D eigenvalue weighted by molar-refractivity contribution is 0.112. The Kier molecular flexibility index (Phi) is 4.82. The Balaban J connectivity index is 1.54. The van der Waals surface area contributed by atoms with Gasteiger partial charge in [0, 0.05) is 24.3 Å². The summed E-state index contributed by atoms with van der Waals surface area (Å²) in [7, 11) is 2.23. The lowest BCUT2D eigenvalue weighted by Crippen LogP contribution is -2.30. The monoisotopic (exact) mass is 300 g/mol. The number of hydrogen-bond acceptors (Lipinski definition) is 3. The van der Waals surface area contributed by atoms with E-state index in [-0.39, 0.29) is 0 Å². The number of piperidine rings is 1. The Hall–Kier alpha value is -1.35. The van der Waals surface area contributed by atoms with Gasteiger partial charge in [-0.1, -0.05) is 0 Å². The summed E-state index contributed by atoms with van der Waals surface area (Å²) in [6.07, 6.45) is 7.48. The van der Waals surface area contributed by atoms with Crippen molar-refractivity contribution in [2.45, 2.75) is 39.0 Å². The van der Waals surface area contributed by atoms with Gasteiger partial charge in [0.2, 0.25) is 0 Å². The summed E-state index contributed by atoms with van der Waals surface area (Å²) >= 11 is 0. The molecule has 1 aromatic rings. The van der Waals surface area contributed by atoms with Gasteiger partial charge in [0.25, 0.3) is 0 Å². The molecule has 0 amide bonds. The minimum Gasteiger partial charge on any atom is -0.371 e. The molecule has 0 unspecified atom stereocenters. The summed E-state index contributed by atoms with van der Waals surface area (Å²) in [6.45, 7) is 6.91. The molecule has 0 aliphatic carbocycles. The van der Waals surface area contributed by atoms with Crippen LogP contribution in [-0.4, -0.2) is 44.4 Å². The molecule has 3 heteroatoms. The first kappa shape index (κ1) is 15.5. The van der Waals surface area contributed by atoms with Crippen LogP contribution in [0.25, 0.3) is 0 Å². The standard InChI is InChI=1S/C19H28N2O/c1-15-17(14-22)5-6-19-18(15)9-13-21(19)10-3-4-16-7-11-20(2)12-8-16/h5-6,14,16H,3-4,7-13H2,1-2H3. The molecule has 0 aromatic heterocycles. The average Bonchev–Trinajstić information content (AvgIpc) is 2.94. The average molecular weight is 300 g/mol. The molecule has 2 heterocycles. The van der Waals surface area contributed by atoms with Crippen molar-refractivity contribution in [1.82, 2.24) is 4.90 Å². The Labute approximate surface area is 134 Å². The van der Waals surface area contributed by atoms with E-state index in [1.165, 1.54) is 62.1 Å². The second-order valence-corrected chi connectivity index (χ2v) is 7.02. The summed E-state index contributed by atoms with van der Waals surface area (Å²) < 4.78 is 0. The molecular formula is C19H28N2O. The van der Waals surface area contributed by atoms with Crippen LogP contribution in [-0.2, 0) is 6.42 Å². The van der Waals surface area contributed by atoms with E-state index >= 15 is 0 Å². The fourth-order valence-corrected chi connectivity index (χ4v) is 4.02. The van der Waals surface area contributed by atoms with Gasteiger partial charge in [0.1, 0.15) is 6.29 Å². The lowest BCUT2D eigenvalue weighted by Gasteiger charge is -2.29. The van der Waals surface area contributed by atoms with Gasteiger partial charge in [0.05, 0.1) is 0 Å². The van der Waals surface area contributed by atoms with E-state index in [1.807, 2.05) is 6.07 Å². The van der Waals surface area contributed by atoms with Gasteiger partial charge >= 0.3 is 0 Å². The van der Waals surface area contributed by atoms with Gasteiger partial charge in [-0.2, -0.15) is 0 Å². The number of carbonyl (C=O) groups is 1. The maximum Gasteiger partial charge on any atom is 0.150 e. The van der Waals surface area contributed by atoms with Crippen LogP contribution in [0.2, 0.25) is 0 Å². The van der Waals surface area contributed by atoms with Crippen LogP contribution < -0.4 is 4.90 Å². The molecular weight excluding hydrogens is 272 g/mol. The predicted octanol–water partition coefficient (Wildman–Crippen LogP) is 3.29. The van der Waals surface area contributed by atoms with Gasteiger partial charge in [-0.3, -0.25) is 4.79 Å². The minimum absolute atomic E-state index is 0.854. The highest BCUT2D eigenvalue weighted by Gasteiger charge is 2.22. The fraction of sp³-hybridized carbons (Fsp3) is 0.632. The van der Waals surface area contributed by atoms with Crippen LogP contribution in [0.5, 0.6) is 0 Å². The highest BCUT2D eigenvalue weighted by molar-refractivity contribution is 5.80. The second kappa shape index (κ2) is 6.82. The van der Waals surface area contributed by atoms with Crippen LogP contribution in [0.3, 0.4) is 0 Å². The first-order valence-corrected chi connectivity index (χ1v) is 8.70. The number of nitrogens with zero attached hydrogens (tertiary/aromatic N) is 2. The summed E-state index contributed by atoms with van der Waals surface area (Å²) in [5.74, 6) is 0.928. The summed E-state index contributed by atoms with van der Waals surface area (Å²) in [4.78, 5) is 16.0. The van der Waals surface area contributed by atoms with Crippen LogP contribution in [0.1, 0.15) is 47.2 Å². The molecule has 2 aliphatic rings. The van der Waals surface area contributed by atoms with Crippen LogP contribution in [0.15, 0.2) is 12.1 Å². The number of fused-ring (bicyclic) bond motifs is 1. The van der Waals surface area contributed by atoms with Gasteiger partial charge in [0.15, 0.2) is 0 Å². The van der Waals surface area contributed by atoms with E-state index in [2.05, 4.69) is 29.8 Å². The molecule has 0 saturated carbocycles. The van der Waals surface area contributed by atoms with Gasteiger partial charge in [-0.25, -0.2) is 0 Å². The van der Waals surface area contributed by atoms with Crippen molar-refractivity contribution in [3.8, 4) is 0 Å². The number of aldehydes is 1. The van der Waals surface area contributed by atoms with Crippen LogP contribution >= 0.6 is 0 Å². The molecule has 3 nitrogen and oxygen atoms in total. The van der Waals surface area contributed by atoms with Gasteiger partial charge < -0.3 is 9.80 Å². The fourth-order valence-electron chi connectivity index (χ4n) is 4.02. The van der Waals surface area contributed by atoms with Crippen molar-refractivity contribution in [2.75, 3.05) is 38.1 Å². The third-order valence-corrected chi connectivity index (χ3v) is 5.59. The minimum atomic E-state index is 0.854. The summed E-state index contributed by atoms with van der Waals surface area (Å²) in [6, 6.07) is 4.13. The van der Waals surface area contributed by atoms with Crippen molar-refractivity contribution >= 4 is 12.0 Å². The molecule has 3 rings (SSSR count). The quantitative estimate of drug-likeness (QED) is 0.780. The van der Waals surface area contributed by atoms with Crippen molar-refractivity contribution in [2.24, 2.45) is 5.92 Å². The molecule has 0 atom stereocenters. The van der Waals surface area contributed by atoms with Crippen molar-refractivity contribution in [3.05, 3.63) is 28.8 Å². The number of likely N-dealkylation sites (tertiary alicyclic amines) is 1. The smallest absolute Gasteiger partial charge is 0.150 e. The van der Waals surface area contributed by atoms with E-state index in [0.29, 0.717) is 0 Å². The van der Waals surface area contributed by atoms with Crippen LogP contribution in [0.4, 0.5) is 5.69 Å². The number of carbonyl (C=O) groups excluding carboxylic acids is 1. The Morgan fingerprint density at radius 2 is 2.00 bits per heavy atom. The molecule has 2 aliphatic heterocycles. The Morgan fingerprint density at radius 1 is 1.23 bits per heavy atom.